The standard InChI is InChI=1S/C19H33N3O2/c23-18(22-12-6-17(15-22)21-10-4-5-11-21)20-16-7-13-24-19(14-16)8-2-1-3-9-19/h16-17H,1-15H2,(H,20,23)/t16-,17+/m0/s1. The molecule has 1 N–H and O–H groups in total. The molecule has 5 nitrogen and oxygen atoms in total. The van der Waals surface area contributed by atoms with Gasteiger partial charge >= 0.3 is 6.03 Å². The molecule has 2 amide bonds. The molecule has 0 unspecified atom stereocenters. The van der Waals surface area contributed by atoms with Crippen molar-refractivity contribution in [3.05, 3.63) is 0 Å². The molecule has 0 aromatic carbocycles. The quantitative estimate of drug-likeness (QED) is 0.844. The molecule has 4 fully saturated rings. The van der Waals surface area contributed by atoms with E-state index in [9.17, 15) is 4.79 Å². The molecule has 1 spiro atoms. The zero-order chi connectivity index (χ0) is 16.4. The smallest absolute Gasteiger partial charge is 0.317 e. The van der Waals surface area contributed by atoms with Gasteiger partial charge < -0.3 is 15.0 Å². The van der Waals surface area contributed by atoms with Crippen LogP contribution in [0.4, 0.5) is 4.79 Å². The van der Waals surface area contributed by atoms with Crippen LogP contribution in [0.1, 0.15) is 64.2 Å². The topological polar surface area (TPSA) is 44.8 Å². The van der Waals surface area contributed by atoms with Crippen molar-refractivity contribution in [2.45, 2.75) is 81.9 Å². The van der Waals surface area contributed by atoms with Crippen LogP contribution in [0.3, 0.4) is 0 Å². The summed E-state index contributed by atoms with van der Waals surface area (Å²) in [6.45, 7) is 5.09. The Hall–Kier alpha value is -0.810. The van der Waals surface area contributed by atoms with Gasteiger partial charge in [-0.05, 0) is 58.0 Å². The first-order valence-electron chi connectivity index (χ1n) is 10.2. The third-order valence-electron chi connectivity index (χ3n) is 6.69. The Morgan fingerprint density at radius 2 is 1.79 bits per heavy atom. The molecule has 0 bridgehead atoms. The van der Waals surface area contributed by atoms with Gasteiger partial charge in [0, 0.05) is 31.8 Å². The Balaban J connectivity index is 1.28. The number of ether oxygens (including phenoxy) is 1. The number of rotatable bonds is 2. The van der Waals surface area contributed by atoms with Crippen LogP contribution in [0.15, 0.2) is 0 Å². The maximum absolute atomic E-state index is 12.7. The molecule has 3 saturated heterocycles. The van der Waals surface area contributed by atoms with E-state index in [1.807, 2.05) is 4.90 Å². The van der Waals surface area contributed by atoms with Crippen molar-refractivity contribution < 1.29 is 9.53 Å². The molecule has 1 aliphatic carbocycles. The Labute approximate surface area is 146 Å². The lowest BCUT2D eigenvalue weighted by Crippen LogP contribution is -2.52. The van der Waals surface area contributed by atoms with Gasteiger partial charge in [0.05, 0.1) is 5.60 Å². The molecule has 4 rings (SSSR count). The van der Waals surface area contributed by atoms with Crippen LogP contribution in [-0.2, 0) is 4.74 Å². The second kappa shape index (κ2) is 7.20. The average Bonchev–Trinajstić information content (AvgIpc) is 3.27. The van der Waals surface area contributed by atoms with Crippen LogP contribution < -0.4 is 5.32 Å². The normalized spacial score (nSPS) is 33.9. The van der Waals surface area contributed by atoms with Crippen molar-refractivity contribution in [1.29, 1.82) is 0 Å². The molecule has 3 heterocycles. The minimum atomic E-state index is 0.0670. The fourth-order valence-corrected chi connectivity index (χ4v) is 5.29. The highest BCUT2D eigenvalue weighted by molar-refractivity contribution is 5.75. The van der Waals surface area contributed by atoms with Crippen LogP contribution in [0.2, 0.25) is 0 Å². The second-order valence-corrected chi connectivity index (χ2v) is 8.36. The van der Waals surface area contributed by atoms with E-state index in [0.717, 1.165) is 39.0 Å². The Bertz CT molecular complexity index is 438. The number of nitrogens with one attached hydrogen (secondary N) is 1. The third kappa shape index (κ3) is 3.57. The average molecular weight is 335 g/mol. The monoisotopic (exact) mass is 335 g/mol. The van der Waals surface area contributed by atoms with E-state index >= 15 is 0 Å². The lowest BCUT2D eigenvalue weighted by molar-refractivity contribution is -0.108. The Morgan fingerprint density at radius 3 is 2.58 bits per heavy atom. The molecule has 3 aliphatic heterocycles. The van der Waals surface area contributed by atoms with E-state index in [0.29, 0.717) is 12.1 Å². The van der Waals surface area contributed by atoms with E-state index in [-0.39, 0.29) is 11.6 Å². The third-order valence-corrected chi connectivity index (χ3v) is 6.69. The van der Waals surface area contributed by atoms with Crippen LogP contribution in [0.5, 0.6) is 0 Å². The zero-order valence-electron chi connectivity index (χ0n) is 15.0. The molecule has 136 valence electrons. The first-order valence-corrected chi connectivity index (χ1v) is 10.2. The second-order valence-electron chi connectivity index (χ2n) is 8.36. The molecule has 0 radical (unpaired) electrons. The maximum atomic E-state index is 12.7. The van der Waals surface area contributed by atoms with E-state index in [1.54, 1.807) is 0 Å². The lowest BCUT2D eigenvalue weighted by atomic mass is 9.78. The minimum absolute atomic E-state index is 0.0670. The highest BCUT2D eigenvalue weighted by atomic mass is 16.5. The molecule has 4 aliphatic rings. The predicted molar refractivity (Wildman–Crippen MR) is 94.1 cm³/mol. The summed E-state index contributed by atoms with van der Waals surface area (Å²) >= 11 is 0. The highest BCUT2D eigenvalue weighted by Crippen LogP contribution is 2.38. The fourth-order valence-electron chi connectivity index (χ4n) is 5.29. The van der Waals surface area contributed by atoms with Crippen molar-refractivity contribution in [3.8, 4) is 0 Å². The number of amides is 2. The van der Waals surface area contributed by atoms with Gasteiger partial charge in [-0.2, -0.15) is 0 Å². The molecule has 0 aromatic rings. The molecule has 2 atom stereocenters. The number of hydrogen-bond acceptors (Lipinski definition) is 3. The molecule has 1 saturated carbocycles. The van der Waals surface area contributed by atoms with E-state index in [1.165, 1.54) is 58.0 Å². The summed E-state index contributed by atoms with van der Waals surface area (Å²) < 4.78 is 6.16. The van der Waals surface area contributed by atoms with Crippen molar-refractivity contribution in [1.82, 2.24) is 15.1 Å². The van der Waals surface area contributed by atoms with Crippen molar-refractivity contribution >= 4 is 6.03 Å². The van der Waals surface area contributed by atoms with Crippen molar-refractivity contribution in [2.75, 3.05) is 32.8 Å². The summed E-state index contributed by atoms with van der Waals surface area (Å²) in [5.74, 6) is 0. The number of urea groups is 1. The summed E-state index contributed by atoms with van der Waals surface area (Å²) in [5, 5.41) is 3.33. The van der Waals surface area contributed by atoms with E-state index in [2.05, 4.69) is 10.2 Å². The maximum Gasteiger partial charge on any atom is 0.317 e. The van der Waals surface area contributed by atoms with Crippen molar-refractivity contribution in [3.63, 3.8) is 0 Å². The zero-order valence-corrected chi connectivity index (χ0v) is 15.0. The molecule has 0 aromatic heterocycles. The molecular formula is C19H33N3O2. The summed E-state index contributed by atoms with van der Waals surface area (Å²) in [5.41, 5.74) is 0.0670. The summed E-state index contributed by atoms with van der Waals surface area (Å²) in [7, 11) is 0. The highest BCUT2D eigenvalue weighted by Gasteiger charge is 2.40. The van der Waals surface area contributed by atoms with Crippen LogP contribution in [0, 0.1) is 0 Å². The van der Waals surface area contributed by atoms with E-state index < -0.39 is 0 Å². The van der Waals surface area contributed by atoms with Gasteiger partial charge in [-0.3, -0.25) is 4.90 Å². The summed E-state index contributed by atoms with van der Waals surface area (Å²) in [4.78, 5) is 17.3. The van der Waals surface area contributed by atoms with Gasteiger partial charge in [0.2, 0.25) is 0 Å². The first kappa shape index (κ1) is 16.6. The summed E-state index contributed by atoms with van der Waals surface area (Å²) in [6.07, 6.45) is 12.0. The van der Waals surface area contributed by atoms with Gasteiger partial charge in [-0.25, -0.2) is 4.79 Å². The van der Waals surface area contributed by atoms with Gasteiger partial charge in [-0.1, -0.05) is 19.3 Å². The SMILES string of the molecule is O=C(N[C@H]1CCOC2(CCCCC2)C1)N1CC[C@@H](N2CCCC2)C1. The fraction of sp³-hybridized carbons (Fsp3) is 0.947. The van der Waals surface area contributed by atoms with Crippen LogP contribution >= 0.6 is 0 Å². The summed E-state index contributed by atoms with van der Waals surface area (Å²) in [6, 6.07) is 1.06. The largest absolute Gasteiger partial charge is 0.375 e. The van der Waals surface area contributed by atoms with Gasteiger partial charge in [0.15, 0.2) is 0 Å². The number of hydrogen-bond donors (Lipinski definition) is 1. The minimum Gasteiger partial charge on any atom is -0.375 e. The van der Waals surface area contributed by atoms with Gasteiger partial charge in [0.1, 0.15) is 0 Å². The number of nitrogens with zero attached hydrogens (tertiary/aromatic N) is 2. The van der Waals surface area contributed by atoms with Crippen molar-refractivity contribution in [2.24, 2.45) is 0 Å². The molecular weight excluding hydrogens is 302 g/mol. The van der Waals surface area contributed by atoms with Crippen LogP contribution in [-0.4, -0.2) is 66.3 Å². The van der Waals surface area contributed by atoms with Gasteiger partial charge in [0.25, 0.3) is 0 Å². The van der Waals surface area contributed by atoms with Crippen LogP contribution in [0.25, 0.3) is 0 Å². The first-order chi connectivity index (χ1) is 11.7. The number of carbonyl (C=O) groups excluding carboxylic acids is 1. The number of carbonyl (C=O) groups is 1. The predicted octanol–water partition coefficient (Wildman–Crippen LogP) is 2.75. The van der Waals surface area contributed by atoms with Gasteiger partial charge in [-0.15, -0.1) is 0 Å². The molecule has 5 heteroatoms. The Kier molecular flexibility index (Phi) is 5.00. The molecule has 24 heavy (non-hydrogen) atoms. The van der Waals surface area contributed by atoms with E-state index in [4.69, 9.17) is 4.74 Å². The lowest BCUT2D eigenvalue weighted by Gasteiger charge is -2.43. The number of likely N-dealkylation sites (tertiary alicyclic amines) is 2. The Morgan fingerprint density at radius 1 is 1.00 bits per heavy atom.